The van der Waals surface area contributed by atoms with Crippen LogP contribution in [0.5, 0.6) is 0 Å². The fraction of sp³-hybridized carbons (Fsp3) is 0.667. The van der Waals surface area contributed by atoms with Gasteiger partial charge in [0.1, 0.15) is 5.69 Å². The summed E-state index contributed by atoms with van der Waals surface area (Å²) in [6.45, 7) is 2.96. The second-order valence-electron chi connectivity index (χ2n) is 4.63. The number of hydrogen-bond donors (Lipinski definition) is 2. The van der Waals surface area contributed by atoms with Crippen LogP contribution in [-0.2, 0) is 7.05 Å². The molecule has 1 unspecified atom stereocenters. The summed E-state index contributed by atoms with van der Waals surface area (Å²) < 4.78 is 1.64. The first-order chi connectivity index (χ1) is 8.25. The lowest BCUT2D eigenvalue weighted by molar-refractivity contribution is 0.0945. The maximum Gasteiger partial charge on any atom is 0.271 e. The first-order valence-corrected chi connectivity index (χ1v) is 6.24. The largest absolute Gasteiger partial charge is 0.351 e. The van der Waals surface area contributed by atoms with Gasteiger partial charge in [-0.2, -0.15) is 5.10 Å². The first-order valence-electron chi connectivity index (χ1n) is 6.24. The lowest BCUT2D eigenvalue weighted by atomic mass is 9.96. The van der Waals surface area contributed by atoms with Crippen LogP contribution in [-0.4, -0.2) is 35.3 Å². The maximum absolute atomic E-state index is 11.7. The average Bonchev–Trinajstić information content (AvgIpc) is 2.77. The number of carbonyl (C=O) groups is 1. The van der Waals surface area contributed by atoms with E-state index in [1.54, 1.807) is 16.9 Å². The minimum Gasteiger partial charge on any atom is -0.351 e. The number of amides is 1. The Morgan fingerprint density at radius 1 is 1.71 bits per heavy atom. The van der Waals surface area contributed by atoms with Gasteiger partial charge in [0.25, 0.3) is 5.91 Å². The molecule has 17 heavy (non-hydrogen) atoms. The van der Waals surface area contributed by atoms with Gasteiger partial charge >= 0.3 is 0 Å². The Labute approximate surface area is 102 Å². The average molecular weight is 236 g/mol. The molecule has 1 fully saturated rings. The van der Waals surface area contributed by atoms with E-state index in [1.165, 1.54) is 12.8 Å². The molecule has 1 saturated heterocycles. The number of hydrogen-bond acceptors (Lipinski definition) is 3. The van der Waals surface area contributed by atoms with Crippen molar-refractivity contribution in [3.63, 3.8) is 0 Å². The lowest BCUT2D eigenvalue weighted by Gasteiger charge is -2.22. The van der Waals surface area contributed by atoms with Crippen molar-refractivity contribution in [3.8, 4) is 0 Å². The van der Waals surface area contributed by atoms with Crippen LogP contribution in [0.4, 0.5) is 0 Å². The lowest BCUT2D eigenvalue weighted by Crippen LogP contribution is -2.33. The third-order valence-corrected chi connectivity index (χ3v) is 3.18. The molecule has 5 nitrogen and oxygen atoms in total. The molecule has 0 bridgehead atoms. The fourth-order valence-corrected chi connectivity index (χ4v) is 2.19. The van der Waals surface area contributed by atoms with Gasteiger partial charge < -0.3 is 10.6 Å². The van der Waals surface area contributed by atoms with Gasteiger partial charge in [-0.3, -0.25) is 9.48 Å². The van der Waals surface area contributed by atoms with Crippen molar-refractivity contribution in [3.05, 3.63) is 18.0 Å². The molecular weight excluding hydrogens is 216 g/mol. The third-order valence-electron chi connectivity index (χ3n) is 3.18. The minimum atomic E-state index is -0.0747. The number of rotatable bonds is 4. The van der Waals surface area contributed by atoms with Crippen molar-refractivity contribution in [1.29, 1.82) is 0 Å². The monoisotopic (exact) mass is 236 g/mol. The summed E-state index contributed by atoms with van der Waals surface area (Å²) in [5, 5.41) is 10.4. The van der Waals surface area contributed by atoms with Gasteiger partial charge in [0.2, 0.25) is 0 Å². The maximum atomic E-state index is 11.7. The van der Waals surface area contributed by atoms with Crippen molar-refractivity contribution >= 4 is 5.91 Å². The summed E-state index contributed by atoms with van der Waals surface area (Å²) in [6, 6.07) is 1.73. The molecular formula is C12H20N4O. The molecule has 0 spiro atoms. The summed E-state index contributed by atoms with van der Waals surface area (Å²) in [4.78, 5) is 11.7. The molecule has 1 aromatic rings. The second kappa shape index (κ2) is 5.82. The van der Waals surface area contributed by atoms with Crippen LogP contribution in [0.1, 0.15) is 29.8 Å². The fourth-order valence-electron chi connectivity index (χ4n) is 2.19. The molecule has 1 aliphatic heterocycles. The highest BCUT2D eigenvalue weighted by Gasteiger charge is 2.13. The number of nitrogens with zero attached hydrogens (tertiary/aromatic N) is 2. The van der Waals surface area contributed by atoms with E-state index >= 15 is 0 Å². The Morgan fingerprint density at radius 2 is 2.59 bits per heavy atom. The minimum absolute atomic E-state index is 0.0747. The van der Waals surface area contributed by atoms with Crippen LogP contribution in [0.15, 0.2) is 12.3 Å². The summed E-state index contributed by atoms with van der Waals surface area (Å²) in [7, 11) is 1.81. The topological polar surface area (TPSA) is 59.0 Å². The number of aromatic nitrogens is 2. The van der Waals surface area contributed by atoms with Gasteiger partial charge in [-0.05, 0) is 44.3 Å². The van der Waals surface area contributed by atoms with E-state index in [0.29, 0.717) is 11.6 Å². The van der Waals surface area contributed by atoms with Crippen molar-refractivity contribution < 1.29 is 4.79 Å². The molecule has 94 valence electrons. The van der Waals surface area contributed by atoms with E-state index in [4.69, 9.17) is 0 Å². The molecule has 0 radical (unpaired) electrons. The number of carbonyl (C=O) groups excluding carboxylic acids is 1. The molecule has 2 rings (SSSR count). The zero-order chi connectivity index (χ0) is 12.1. The summed E-state index contributed by atoms with van der Waals surface area (Å²) in [5.74, 6) is 0.627. The zero-order valence-corrected chi connectivity index (χ0v) is 10.3. The highest BCUT2D eigenvalue weighted by Crippen LogP contribution is 2.12. The van der Waals surface area contributed by atoms with Crippen molar-refractivity contribution in [1.82, 2.24) is 20.4 Å². The SMILES string of the molecule is Cn1ccc(C(=O)NCCC2CCCNC2)n1. The second-order valence-corrected chi connectivity index (χ2v) is 4.63. The van der Waals surface area contributed by atoms with E-state index in [1.807, 2.05) is 7.05 Å². The molecule has 0 saturated carbocycles. The molecule has 1 atom stereocenters. The first kappa shape index (κ1) is 12.1. The smallest absolute Gasteiger partial charge is 0.271 e. The van der Waals surface area contributed by atoms with Gasteiger partial charge in [-0.1, -0.05) is 0 Å². The number of piperidine rings is 1. The number of nitrogens with one attached hydrogen (secondary N) is 2. The van der Waals surface area contributed by atoms with Crippen molar-refractivity contribution in [2.24, 2.45) is 13.0 Å². The highest BCUT2D eigenvalue weighted by atomic mass is 16.1. The van der Waals surface area contributed by atoms with Gasteiger partial charge in [0.15, 0.2) is 0 Å². The Balaban J connectivity index is 1.69. The molecule has 1 amide bonds. The van der Waals surface area contributed by atoms with Crippen molar-refractivity contribution in [2.75, 3.05) is 19.6 Å². The molecule has 1 aliphatic rings. The molecule has 1 aromatic heterocycles. The van der Waals surface area contributed by atoms with Crippen molar-refractivity contribution in [2.45, 2.75) is 19.3 Å². The van der Waals surface area contributed by atoms with Gasteiger partial charge in [0.05, 0.1) is 0 Å². The number of aryl methyl sites for hydroxylation is 1. The molecule has 0 aliphatic carbocycles. The van der Waals surface area contributed by atoms with Crippen LogP contribution < -0.4 is 10.6 Å². The van der Waals surface area contributed by atoms with Crippen LogP contribution in [0.3, 0.4) is 0 Å². The third kappa shape index (κ3) is 3.56. The van der Waals surface area contributed by atoms with E-state index in [-0.39, 0.29) is 5.91 Å². The quantitative estimate of drug-likeness (QED) is 0.802. The highest BCUT2D eigenvalue weighted by molar-refractivity contribution is 5.92. The summed E-state index contributed by atoms with van der Waals surface area (Å²) in [5.41, 5.74) is 0.495. The van der Waals surface area contributed by atoms with E-state index < -0.39 is 0 Å². The van der Waals surface area contributed by atoms with E-state index in [0.717, 1.165) is 26.1 Å². The van der Waals surface area contributed by atoms with E-state index in [9.17, 15) is 4.79 Å². The van der Waals surface area contributed by atoms with Gasteiger partial charge in [0, 0.05) is 19.8 Å². The molecule has 2 heterocycles. The Hall–Kier alpha value is -1.36. The normalized spacial score (nSPS) is 20.2. The van der Waals surface area contributed by atoms with Crippen LogP contribution >= 0.6 is 0 Å². The Bertz CT molecular complexity index is 368. The van der Waals surface area contributed by atoms with E-state index in [2.05, 4.69) is 15.7 Å². The summed E-state index contributed by atoms with van der Waals surface area (Å²) >= 11 is 0. The Kier molecular flexibility index (Phi) is 4.14. The van der Waals surface area contributed by atoms with Crippen LogP contribution in [0.2, 0.25) is 0 Å². The molecule has 5 heteroatoms. The predicted octanol–water partition coefficient (Wildman–Crippen LogP) is 0.540. The van der Waals surface area contributed by atoms with Crippen LogP contribution in [0, 0.1) is 5.92 Å². The molecule has 0 aromatic carbocycles. The summed E-state index contributed by atoms with van der Waals surface area (Å²) in [6.07, 6.45) is 5.34. The standard InChI is InChI=1S/C12H20N4O/c1-16-8-5-11(15-16)12(17)14-7-4-10-3-2-6-13-9-10/h5,8,10,13H,2-4,6-7,9H2,1H3,(H,14,17). The van der Waals surface area contributed by atoms with Gasteiger partial charge in [-0.25, -0.2) is 0 Å². The van der Waals surface area contributed by atoms with Gasteiger partial charge in [-0.15, -0.1) is 0 Å². The molecule has 2 N–H and O–H groups in total. The predicted molar refractivity (Wildman–Crippen MR) is 65.8 cm³/mol. The Morgan fingerprint density at radius 3 is 3.24 bits per heavy atom. The van der Waals surface area contributed by atoms with Crippen LogP contribution in [0.25, 0.3) is 0 Å². The zero-order valence-electron chi connectivity index (χ0n) is 10.3.